The Balaban J connectivity index is 1.50. The van der Waals surface area contributed by atoms with Crippen molar-refractivity contribution in [3.63, 3.8) is 0 Å². The van der Waals surface area contributed by atoms with Gasteiger partial charge in [0.1, 0.15) is 0 Å². The van der Waals surface area contributed by atoms with Crippen molar-refractivity contribution in [1.82, 2.24) is 19.9 Å². The van der Waals surface area contributed by atoms with E-state index in [1.165, 1.54) is 5.56 Å². The zero-order valence-corrected chi connectivity index (χ0v) is 12.9. The van der Waals surface area contributed by atoms with E-state index < -0.39 is 0 Å². The van der Waals surface area contributed by atoms with E-state index in [0.29, 0.717) is 11.7 Å². The summed E-state index contributed by atoms with van der Waals surface area (Å²) in [5.74, 6) is 1.40. The maximum atomic E-state index is 6.22. The van der Waals surface area contributed by atoms with Crippen LogP contribution in [0.1, 0.15) is 17.3 Å². The number of aromatic nitrogens is 2. The van der Waals surface area contributed by atoms with E-state index >= 15 is 0 Å². The van der Waals surface area contributed by atoms with Crippen molar-refractivity contribution in [2.75, 3.05) is 26.2 Å². The van der Waals surface area contributed by atoms with E-state index in [-0.39, 0.29) is 0 Å². The molecule has 0 amide bonds. The fourth-order valence-electron chi connectivity index (χ4n) is 2.57. The molecule has 0 spiro atoms. The quantitative estimate of drug-likeness (QED) is 0.867. The van der Waals surface area contributed by atoms with Gasteiger partial charge in [0.15, 0.2) is 5.82 Å². The molecule has 1 aromatic carbocycles. The molecule has 0 saturated carbocycles. The highest BCUT2D eigenvalue weighted by Crippen LogP contribution is 2.18. The number of piperazine rings is 1. The van der Waals surface area contributed by atoms with Crippen LogP contribution in [0.4, 0.5) is 0 Å². The van der Waals surface area contributed by atoms with Crippen LogP contribution in [0.3, 0.4) is 0 Å². The molecule has 112 valence electrons. The van der Waals surface area contributed by atoms with E-state index in [9.17, 15) is 0 Å². The molecule has 3 rings (SSSR count). The highest BCUT2D eigenvalue weighted by Gasteiger charge is 2.19. The summed E-state index contributed by atoms with van der Waals surface area (Å²) in [5.41, 5.74) is 1.19. The molecule has 0 unspecified atom stereocenters. The fourth-order valence-corrected chi connectivity index (χ4v) is 2.76. The maximum Gasteiger partial charge on any atom is 0.240 e. The first-order valence-electron chi connectivity index (χ1n) is 7.18. The fraction of sp³-hybridized carbons (Fsp3) is 0.467. The van der Waals surface area contributed by atoms with Crippen LogP contribution < -0.4 is 0 Å². The Morgan fingerprint density at radius 1 is 1.10 bits per heavy atom. The smallest absolute Gasteiger partial charge is 0.240 e. The summed E-state index contributed by atoms with van der Waals surface area (Å²) < 4.78 is 5.17. The molecular weight excluding hydrogens is 288 g/mol. The first-order valence-corrected chi connectivity index (χ1v) is 7.56. The topological polar surface area (TPSA) is 45.4 Å². The SMILES string of the molecule is Cc1noc(CN2CCN(Cc3ccccc3Cl)CC2)n1. The normalized spacial score (nSPS) is 17.2. The lowest BCUT2D eigenvalue weighted by Crippen LogP contribution is -2.45. The lowest BCUT2D eigenvalue weighted by molar-refractivity contribution is 0.112. The number of halogens is 1. The van der Waals surface area contributed by atoms with Crippen molar-refractivity contribution < 1.29 is 4.52 Å². The Morgan fingerprint density at radius 2 is 1.76 bits per heavy atom. The third-order valence-corrected chi connectivity index (χ3v) is 4.11. The lowest BCUT2D eigenvalue weighted by atomic mass is 10.2. The molecule has 21 heavy (non-hydrogen) atoms. The third-order valence-electron chi connectivity index (χ3n) is 3.75. The van der Waals surface area contributed by atoms with Gasteiger partial charge in [-0.05, 0) is 18.6 Å². The number of nitrogens with zero attached hydrogens (tertiary/aromatic N) is 4. The van der Waals surface area contributed by atoms with Gasteiger partial charge in [-0.15, -0.1) is 0 Å². The second-order valence-corrected chi connectivity index (χ2v) is 5.79. The van der Waals surface area contributed by atoms with Gasteiger partial charge in [-0.2, -0.15) is 4.98 Å². The molecule has 0 N–H and O–H groups in total. The summed E-state index contributed by atoms with van der Waals surface area (Å²) in [6.07, 6.45) is 0. The van der Waals surface area contributed by atoms with Crippen LogP contribution in [-0.4, -0.2) is 46.1 Å². The number of aryl methyl sites for hydroxylation is 1. The van der Waals surface area contributed by atoms with Crippen molar-refractivity contribution in [3.05, 3.63) is 46.6 Å². The van der Waals surface area contributed by atoms with Crippen LogP contribution in [0.2, 0.25) is 5.02 Å². The summed E-state index contributed by atoms with van der Waals surface area (Å²) in [4.78, 5) is 9.02. The Kier molecular flexibility index (Phi) is 4.53. The van der Waals surface area contributed by atoms with Gasteiger partial charge in [0, 0.05) is 37.7 Å². The zero-order chi connectivity index (χ0) is 14.7. The minimum atomic E-state index is 0.697. The summed E-state index contributed by atoms with van der Waals surface area (Å²) in [7, 11) is 0. The van der Waals surface area contributed by atoms with Crippen molar-refractivity contribution in [2.45, 2.75) is 20.0 Å². The van der Waals surface area contributed by atoms with Crippen LogP contribution in [0, 0.1) is 6.92 Å². The van der Waals surface area contributed by atoms with Crippen LogP contribution in [0.15, 0.2) is 28.8 Å². The molecule has 1 aromatic heterocycles. The number of benzene rings is 1. The second kappa shape index (κ2) is 6.56. The molecule has 6 heteroatoms. The van der Waals surface area contributed by atoms with Gasteiger partial charge in [0.25, 0.3) is 0 Å². The van der Waals surface area contributed by atoms with Crippen LogP contribution >= 0.6 is 11.6 Å². The van der Waals surface area contributed by atoms with E-state index in [1.807, 2.05) is 25.1 Å². The highest BCUT2D eigenvalue weighted by atomic mass is 35.5. The van der Waals surface area contributed by atoms with Gasteiger partial charge >= 0.3 is 0 Å². The first-order chi connectivity index (χ1) is 10.2. The molecule has 5 nitrogen and oxygen atoms in total. The van der Waals surface area contributed by atoms with Gasteiger partial charge in [-0.25, -0.2) is 0 Å². The predicted molar refractivity (Wildman–Crippen MR) is 81.0 cm³/mol. The molecule has 0 atom stereocenters. The van der Waals surface area contributed by atoms with Gasteiger partial charge < -0.3 is 4.52 Å². The molecule has 2 aromatic rings. The maximum absolute atomic E-state index is 6.22. The summed E-state index contributed by atoms with van der Waals surface area (Å²) in [6.45, 7) is 7.55. The predicted octanol–water partition coefficient (Wildman–Crippen LogP) is 2.35. The average molecular weight is 307 g/mol. The summed E-state index contributed by atoms with van der Waals surface area (Å²) in [6, 6.07) is 8.05. The Morgan fingerprint density at radius 3 is 2.38 bits per heavy atom. The largest absolute Gasteiger partial charge is 0.338 e. The molecule has 1 saturated heterocycles. The number of rotatable bonds is 4. The van der Waals surface area contributed by atoms with Gasteiger partial charge in [0.05, 0.1) is 6.54 Å². The van der Waals surface area contributed by atoms with Gasteiger partial charge in [-0.3, -0.25) is 9.80 Å². The van der Waals surface area contributed by atoms with Crippen LogP contribution in [0.25, 0.3) is 0 Å². The van der Waals surface area contributed by atoms with Crippen molar-refractivity contribution in [1.29, 1.82) is 0 Å². The minimum absolute atomic E-state index is 0.697. The van der Waals surface area contributed by atoms with E-state index in [0.717, 1.165) is 44.3 Å². The van der Waals surface area contributed by atoms with Gasteiger partial charge in [-0.1, -0.05) is 35.0 Å². The van der Waals surface area contributed by atoms with Gasteiger partial charge in [0.2, 0.25) is 5.89 Å². The Hall–Kier alpha value is -1.43. The molecule has 0 aliphatic carbocycles. The average Bonchev–Trinajstić information content (AvgIpc) is 2.89. The lowest BCUT2D eigenvalue weighted by Gasteiger charge is -2.34. The zero-order valence-electron chi connectivity index (χ0n) is 12.1. The van der Waals surface area contributed by atoms with Crippen molar-refractivity contribution in [3.8, 4) is 0 Å². The standard InChI is InChI=1S/C15H19ClN4O/c1-12-17-15(21-18-12)11-20-8-6-19(7-9-20)10-13-4-2-3-5-14(13)16/h2-5H,6-11H2,1H3. The van der Waals surface area contributed by atoms with Crippen LogP contribution in [-0.2, 0) is 13.1 Å². The minimum Gasteiger partial charge on any atom is -0.338 e. The van der Waals surface area contributed by atoms with Crippen molar-refractivity contribution in [2.24, 2.45) is 0 Å². The molecule has 2 heterocycles. The molecule has 1 fully saturated rings. The van der Waals surface area contributed by atoms with E-state index in [1.54, 1.807) is 0 Å². The van der Waals surface area contributed by atoms with Crippen molar-refractivity contribution >= 4 is 11.6 Å². The second-order valence-electron chi connectivity index (χ2n) is 5.38. The monoisotopic (exact) mass is 306 g/mol. The molecule has 0 radical (unpaired) electrons. The summed E-state index contributed by atoms with van der Waals surface area (Å²) >= 11 is 6.22. The Labute approximate surface area is 129 Å². The molecule has 0 bridgehead atoms. The molecule has 1 aliphatic rings. The van der Waals surface area contributed by atoms with E-state index in [2.05, 4.69) is 26.0 Å². The third kappa shape index (κ3) is 3.81. The summed E-state index contributed by atoms with van der Waals surface area (Å²) in [5, 5.41) is 4.67. The first kappa shape index (κ1) is 14.5. The Bertz CT molecular complexity index is 593. The highest BCUT2D eigenvalue weighted by molar-refractivity contribution is 6.31. The number of hydrogen-bond acceptors (Lipinski definition) is 5. The molecular formula is C15H19ClN4O. The van der Waals surface area contributed by atoms with E-state index in [4.69, 9.17) is 16.1 Å². The number of hydrogen-bond donors (Lipinski definition) is 0. The molecule has 1 aliphatic heterocycles. The van der Waals surface area contributed by atoms with Crippen LogP contribution in [0.5, 0.6) is 0 Å².